The summed E-state index contributed by atoms with van der Waals surface area (Å²) < 4.78 is 5.24. The molecule has 4 nitrogen and oxygen atoms in total. The second-order valence-corrected chi connectivity index (χ2v) is 4.94. The Bertz CT molecular complexity index is 394. The smallest absolute Gasteiger partial charge is 0.257 e. The lowest BCUT2D eigenvalue weighted by molar-refractivity contribution is 0.0648. The highest BCUT2D eigenvalue weighted by molar-refractivity contribution is 5.94. The van der Waals surface area contributed by atoms with Crippen molar-refractivity contribution in [3.63, 3.8) is 0 Å². The molecule has 2 rings (SSSR count). The number of hydrogen-bond donors (Lipinski definition) is 1. The van der Waals surface area contributed by atoms with Crippen LogP contribution >= 0.6 is 0 Å². The predicted molar refractivity (Wildman–Crippen MR) is 70.7 cm³/mol. The summed E-state index contributed by atoms with van der Waals surface area (Å²) in [5, 5.41) is 3.37. The van der Waals surface area contributed by atoms with Crippen molar-refractivity contribution in [3.05, 3.63) is 23.7 Å². The molecule has 1 N–H and O–H groups in total. The van der Waals surface area contributed by atoms with Gasteiger partial charge in [-0.2, -0.15) is 0 Å². The third kappa shape index (κ3) is 2.93. The highest BCUT2D eigenvalue weighted by Crippen LogP contribution is 2.16. The minimum Gasteiger partial charge on any atom is -0.469 e. The summed E-state index contributed by atoms with van der Waals surface area (Å²) in [6, 6.07) is 2.14. The zero-order valence-corrected chi connectivity index (χ0v) is 11.2. The van der Waals surface area contributed by atoms with Crippen LogP contribution in [0.1, 0.15) is 42.3 Å². The molecule has 1 aliphatic rings. The molecule has 100 valence electrons. The average Bonchev–Trinajstić information content (AvgIpc) is 2.83. The van der Waals surface area contributed by atoms with Crippen LogP contribution in [0.4, 0.5) is 0 Å². The van der Waals surface area contributed by atoms with Crippen molar-refractivity contribution in [2.45, 2.75) is 39.2 Å². The molecule has 1 aliphatic heterocycles. The largest absolute Gasteiger partial charge is 0.469 e. The van der Waals surface area contributed by atoms with Gasteiger partial charge in [-0.3, -0.25) is 4.79 Å². The summed E-state index contributed by atoms with van der Waals surface area (Å²) in [5.74, 6) is 0.888. The summed E-state index contributed by atoms with van der Waals surface area (Å²) in [4.78, 5) is 14.5. The average molecular weight is 250 g/mol. The van der Waals surface area contributed by atoms with Crippen molar-refractivity contribution in [3.8, 4) is 0 Å². The molecule has 4 heteroatoms. The highest BCUT2D eigenvalue weighted by atomic mass is 16.3. The molecular formula is C14H22N2O2. The Labute approximate surface area is 108 Å². The fourth-order valence-corrected chi connectivity index (χ4v) is 2.51. The van der Waals surface area contributed by atoms with Gasteiger partial charge in [0.05, 0.1) is 5.56 Å². The number of amides is 1. The van der Waals surface area contributed by atoms with Crippen molar-refractivity contribution in [2.75, 3.05) is 19.6 Å². The van der Waals surface area contributed by atoms with Crippen LogP contribution in [0.3, 0.4) is 0 Å². The van der Waals surface area contributed by atoms with Crippen LogP contribution in [-0.4, -0.2) is 36.5 Å². The number of nitrogens with zero attached hydrogens (tertiary/aromatic N) is 1. The van der Waals surface area contributed by atoms with E-state index in [1.165, 1.54) is 0 Å². The SMILES string of the molecule is CCCN(C(=O)c1coc(C)c1)C1CCCNC1. The number of piperidine rings is 1. The summed E-state index contributed by atoms with van der Waals surface area (Å²) in [6.07, 6.45) is 4.79. The van der Waals surface area contributed by atoms with Crippen LogP contribution < -0.4 is 5.32 Å². The van der Waals surface area contributed by atoms with Gasteiger partial charge in [-0.1, -0.05) is 6.92 Å². The van der Waals surface area contributed by atoms with E-state index in [0.29, 0.717) is 11.6 Å². The predicted octanol–water partition coefficient (Wildman–Crippen LogP) is 2.19. The Morgan fingerprint density at radius 3 is 3.00 bits per heavy atom. The summed E-state index contributed by atoms with van der Waals surface area (Å²) >= 11 is 0. The van der Waals surface area contributed by atoms with Gasteiger partial charge in [0, 0.05) is 19.1 Å². The quantitative estimate of drug-likeness (QED) is 0.891. The van der Waals surface area contributed by atoms with E-state index < -0.39 is 0 Å². The summed E-state index contributed by atoms with van der Waals surface area (Å²) in [7, 11) is 0. The van der Waals surface area contributed by atoms with Crippen LogP contribution in [0.15, 0.2) is 16.7 Å². The van der Waals surface area contributed by atoms with E-state index in [4.69, 9.17) is 4.42 Å². The molecule has 1 unspecified atom stereocenters. The maximum atomic E-state index is 12.5. The number of furan rings is 1. The maximum Gasteiger partial charge on any atom is 0.257 e. The minimum atomic E-state index is 0.0994. The second kappa shape index (κ2) is 6.05. The lowest BCUT2D eigenvalue weighted by Crippen LogP contribution is -2.48. The van der Waals surface area contributed by atoms with E-state index in [1.54, 1.807) is 6.26 Å². The number of hydrogen-bond acceptors (Lipinski definition) is 3. The van der Waals surface area contributed by atoms with Crippen LogP contribution in [0.5, 0.6) is 0 Å². The molecule has 0 aliphatic carbocycles. The molecule has 18 heavy (non-hydrogen) atoms. The zero-order chi connectivity index (χ0) is 13.0. The Balaban J connectivity index is 2.10. The third-order valence-electron chi connectivity index (χ3n) is 3.41. The van der Waals surface area contributed by atoms with Crippen molar-refractivity contribution < 1.29 is 9.21 Å². The molecule has 1 amide bonds. The Morgan fingerprint density at radius 1 is 1.61 bits per heavy atom. The molecule has 1 atom stereocenters. The zero-order valence-electron chi connectivity index (χ0n) is 11.2. The van der Waals surface area contributed by atoms with Crippen LogP contribution in [0.2, 0.25) is 0 Å². The first kappa shape index (κ1) is 13.1. The van der Waals surface area contributed by atoms with Crippen molar-refractivity contribution in [2.24, 2.45) is 0 Å². The van der Waals surface area contributed by atoms with Gasteiger partial charge in [0.2, 0.25) is 0 Å². The Kier molecular flexibility index (Phi) is 4.42. The third-order valence-corrected chi connectivity index (χ3v) is 3.41. The van der Waals surface area contributed by atoms with Gasteiger partial charge in [-0.25, -0.2) is 0 Å². The molecular weight excluding hydrogens is 228 g/mol. The molecule has 0 bridgehead atoms. The summed E-state index contributed by atoms with van der Waals surface area (Å²) in [5.41, 5.74) is 0.673. The van der Waals surface area contributed by atoms with Crippen LogP contribution in [0, 0.1) is 6.92 Å². The molecule has 1 fully saturated rings. The molecule has 0 spiro atoms. The Morgan fingerprint density at radius 2 is 2.44 bits per heavy atom. The van der Waals surface area contributed by atoms with Crippen molar-refractivity contribution >= 4 is 5.91 Å². The first-order valence-electron chi connectivity index (χ1n) is 6.79. The monoisotopic (exact) mass is 250 g/mol. The molecule has 0 aromatic carbocycles. The maximum absolute atomic E-state index is 12.5. The standard InChI is InChI=1S/C14H22N2O2/c1-3-7-16(13-5-4-6-15-9-13)14(17)12-8-11(2)18-10-12/h8,10,13,15H,3-7,9H2,1-2H3. The molecule has 1 aromatic heterocycles. The van der Waals surface area contributed by atoms with E-state index in [1.807, 2.05) is 17.9 Å². The first-order chi connectivity index (χ1) is 8.72. The first-order valence-corrected chi connectivity index (χ1v) is 6.79. The fraction of sp³-hybridized carbons (Fsp3) is 0.643. The molecule has 1 saturated heterocycles. The van der Waals surface area contributed by atoms with Gasteiger partial charge in [0.15, 0.2) is 0 Å². The van der Waals surface area contributed by atoms with Crippen LogP contribution in [-0.2, 0) is 0 Å². The topological polar surface area (TPSA) is 45.5 Å². The van der Waals surface area contributed by atoms with E-state index in [-0.39, 0.29) is 5.91 Å². The Hall–Kier alpha value is -1.29. The number of nitrogens with one attached hydrogen (secondary N) is 1. The van der Waals surface area contributed by atoms with Crippen LogP contribution in [0.25, 0.3) is 0 Å². The van der Waals surface area contributed by atoms with E-state index in [9.17, 15) is 4.79 Å². The molecule has 0 radical (unpaired) electrons. The van der Waals surface area contributed by atoms with Gasteiger partial charge in [0.25, 0.3) is 5.91 Å². The highest BCUT2D eigenvalue weighted by Gasteiger charge is 2.26. The fourth-order valence-electron chi connectivity index (χ4n) is 2.51. The van der Waals surface area contributed by atoms with Crippen molar-refractivity contribution in [1.82, 2.24) is 10.2 Å². The van der Waals surface area contributed by atoms with E-state index in [0.717, 1.165) is 44.7 Å². The van der Waals surface area contributed by atoms with E-state index >= 15 is 0 Å². The van der Waals surface area contributed by atoms with Gasteiger partial charge in [0.1, 0.15) is 12.0 Å². The normalized spacial score (nSPS) is 19.8. The lowest BCUT2D eigenvalue weighted by Gasteiger charge is -2.34. The lowest BCUT2D eigenvalue weighted by atomic mass is 10.0. The number of rotatable bonds is 4. The molecule has 0 saturated carbocycles. The van der Waals surface area contributed by atoms with Gasteiger partial charge < -0.3 is 14.6 Å². The molecule has 2 heterocycles. The number of carbonyl (C=O) groups is 1. The number of aryl methyl sites for hydroxylation is 1. The van der Waals surface area contributed by atoms with Crippen molar-refractivity contribution in [1.29, 1.82) is 0 Å². The van der Waals surface area contributed by atoms with Gasteiger partial charge in [-0.15, -0.1) is 0 Å². The number of carbonyl (C=O) groups excluding carboxylic acids is 1. The minimum absolute atomic E-state index is 0.0994. The summed E-state index contributed by atoms with van der Waals surface area (Å²) in [6.45, 7) is 6.76. The van der Waals surface area contributed by atoms with Gasteiger partial charge in [-0.05, 0) is 38.8 Å². The van der Waals surface area contributed by atoms with Gasteiger partial charge >= 0.3 is 0 Å². The molecule has 1 aromatic rings. The van der Waals surface area contributed by atoms with E-state index in [2.05, 4.69) is 12.2 Å². The second-order valence-electron chi connectivity index (χ2n) is 4.94.